The molecular weight excluding hydrogens is 310 g/mol. The molecule has 1 aliphatic rings. The molecule has 0 amide bonds. The van der Waals surface area contributed by atoms with E-state index in [0.717, 1.165) is 42.7 Å². The standard InChI is InChI=1S/C20H31N5/c1-14(13-25-17(4)15(2)16(3)23-25)19-12-20(22-18(5)21-19)24-10-8-6-7-9-11-24/h12,14H,6-11,13H2,1-5H3/t14-/m0/s1. The lowest BCUT2D eigenvalue weighted by Crippen LogP contribution is -2.25. The Balaban J connectivity index is 1.82. The van der Waals surface area contributed by atoms with Crippen molar-refractivity contribution in [3.05, 3.63) is 34.5 Å². The molecule has 3 rings (SSSR count). The molecule has 0 N–H and O–H groups in total. The molecule has 1 fully saturated rings. The van der Waals surface area contributed by atoms with E-state index in [1.165, 1.54) is 36.9 Å². The number of aryl methyl sites for hydroxylation is 2. The highest BCUT2D eigenvalue weighted by molar-refractivity contribution is 5.40. The average molecular weight is 342 g/mol. The van der Waals surface area contributed by atoms with Crippen molar-refractivity contribution in [3.63, 3.8) is 0 Å². The maximum atomic E-state index is 4.73. The summed E-state index contributed by atoms with van der Waals surface area (Å²) in [5.74, 6) is 2.28. The summed E-state index contributed by atoms with van der Waals surface area (Å²) in [7, 11) is 0. The summed E-state index contributed by atoms with van der Waals surface area (Å²) in [5, 5.41) is 4.69. The van der Waals surface area contributed by atoms with Crippen LogP contribution in [0.5, 0.6) is 0 Å². The summed E-state index contributed by atoms with van der Waals surface area (Å²) < 4.78 is 2.12. The summed E-state index contributed by atoms with van der Waals surface area (Å²) in [4.78, 5) is 11.9. The van der Waals surface area contributed by atoms with Crippen LogP contribution in [0, 0.1) is 27.7 Å². The van der Waals surface area contributed by atoms with Gasteiger partial charge in [0.1, 0.15) is 11.6 Å². The highest BCUT2D eigenvalue weighted by atomic mass is 15.3. The van der Waals surface area contributed by atoms with Gasteiger partial charge >= 0.3 is 0 Å². The third kappa shape index (κ3) is 4.02. The van der Waals surface area contributed by atoms with Crippen LogP contribution in [0.4, 0.5) is 5.82 Å². The molecule has 1 aliphatic heterocycles. The SMILES string of the molecule is Cc1nc([C@@H](C)Cn2nc(C)c(C)c2C)cc(N2CCCCCC2)n1. The van der Waals surface area contributed by atoms with Crippen molar-refractivity contribution in [2.24, 2.45) is 0 Å². The molecule has 136 valence electrons. The van der Waals surface area contributed by atoms with E-state index in [1.54, 1.807) is 0 Å². The number of hydrogen-bond acceptors (Lipinski definition) is 4. The lowest BCUT2D eigenvalue weighted by atomic mass is 10.1. The molecule has 0 aliphatic carbocycles. The molecule has 0 radical (unpaired) electrons. The molecule has 2 aromatic heterocycles. The quantitative estimate of drug-likeness (QED) is 0.840. The van der Waals surface area contributed by atoms with E-state index in [9.17, 15) is 0 Å². The molecule has 0 saturated carbocycles. The fraction of sp³-hybridized carbons (Fsp3) is 0.650. The maximum absolute atomic E-state index is 4.73. The van der Waals surface area contributed by atoms with Gasteiger partial charge in [0.2, 0.25) is 0 Å². The number of nitrogens with zero attached hydrogens (tertiary/aromatic N) is 5. The summed E-state index contributed by atoms with van der Waals surface area (Å²) in [5.41, 5.74) is 4.78. The molecule has 5 nitrogen and oxygen atoms in total. The van der Waals surface area contributed by atoms with Gasteiger partial charge in [-0.15, -0.1) is 0 Å². The predicted octanol–water partition coefficient (Wildman–Crippen LogP) is 4.09. The Labute approximate surface area is 151 Å². The zero-order valence-electron chi connectivity index (χ0n) is 16.3. The summed E-state index contributed by atoms with van der Waals surface area (Å²) >= 11 is 0. The van der Waals surface area contributed by atoms with Crippen LogP contribution >= 0.6 is 0 Å². The number of rotatable bonds is 4. The second-order valence-corrected chi connectivity index (χ2v) is 7.48. The monoisotopic (exact) mass is 341 g/mol. The Morgan fingerprint density at radius 2 is 1.68 bits per heavy atom. The fourth-order valence-corrected chi connectivity index (χ4v) is 3.61. The van der Waals surface area contributed by atoms with Crippen LogP contribution in [-0.4, -0.2) is 32.8 Å². The van der Waals surface area contributed by atoms with Crippen LogP contribution in [-0.2, 0) is 6.54 Å². The lowest BCUT2D eigenvalue weighted by Gasteiger charge is -2.23. The zero-order chi connectivity index (χ0) is 18.0. The highest BCUT2D eigenvalue weighted by Gasteiger charge is 2.17. The second-order valence-electron chi connectivity index (χ2n) is 7.48. The summed E-state index contributed by atoms with van der Waals surface area (Å²) in [6, 6.07) is 2.20. The molecule has 0 unspecified atom stereocenters. The Morgan fingerprint density at radius 3 is 2.28 bits per heavy atom. The number of hydrogen-bond donors (Lipinski definition) is 0. The van der Waals surface area contributed by atoms with Crippen molar-refractivity contribution in [2.45, 2.75) is 72.8 Å². The average Bonchev–Trinajstić information content (AvgIpc) is 2.81. The largest absolute Gasteiger partial charge is 0.357 e. The van der Waals surface area contributed by atoms with Crippen molar-refractivity contribution in [1.82, 2.24) is 19.7 Å². The molecule has 0 aromatic carbocycles. The van der Waals surface area contributed by atoms with E-state index in [0.29, 0.717) is 5.92 Å². The topological polar surface area (TPSA) is 46.8 Å². The first-order chi connectivity index (χ1) is 12.0. The van der Waals surface area contributed by atoms with Crippen molar-refractivity contribution >= 4 is 5.82 Å². The van der Waals surface area contributed by atoms with E-state index in [2.05, 4.69) is 48.4 Å². The molecule has 1 atom stereocenters. The Hall–Kier alpha value is -1.91. The first-order valence-corrected chi connectivity index (χ1v) is 9.57. The molecule has 0 spiro atoms. The fourth-order valence-electron chi connectivity index (χ4n) is 3.61. The molecular formula is C20H31N5. The molecule has 5 heteroatoms. The van der Waals surface area contributed by atoms with E-state index in [-0.39, 0.29) is 0 Å². The first-order valence-electron chi connectivity index (χ1n) is 9.57. The first kappa shape index (κ1) is 17.9. The summed E-state index contributed by atoms with van der Waals surface area (Å²) in [6.45, 7) is 13.7. The highest BCUT2D eigenvalue weighted by Crippen LogP contribution is 2.24. The molecule has 0 bridgehead atoms. The van der Waals surface area contributed by atoms with Gasteiger partial charge in [0.05, 0.1) is 11.4 Å². The van der Waals surface area contributed by atoms with Gasteiger partial charge in [-0.1, -0.05) is 19.8 Å². The van der Waals surface area contributed by atoms with Crippen LogP contribution in [0.1, 0.15) is 67.0 Å². The summed E-state index contributed by atoms with van der Waals surface area (Å²) in [6.07, 6.45) is 5.19. The van der Waals surface area contributed by atoms with Crippen molar-refractivity contribution in [2.75, 3.05) is 18.0 Å². The van der Waals surface area contributed by atoms with Gasteiger partial charge in [0.25, 0.3) is 0 Å². The minimum Gasteiger partial charge on any atom is -0.357 e. The normalized spacial score (nSPS) is 16.8. The minimum atomic E-state index is 0.310. The van der Waals surface area contributed by atoms with E-state index in [4.69, 9.17) is 9.97 Å². The van der Waals surface area contributed by atoms with Crippen molar-refractivity contribution in [3.8, 4) is 0 Å². The predicted molar refractivity (Wildman–Crippen MR) is 102 cm³/mol. The van der Waals surface area contributed by atoms with Crippen LogP contribution in [0.15, 0.2) is 6.07 Å². The van der Waals surface area contributed by atoms with Gasteiger partial charge in [-0.3, -0.25) is 4.68 Å². The van der Waals surface area contributed by atoms with Gasteiger partial charge in [-0.25, -0.2) is 9.97 Å². The van der Waals surface area contributed by atoms with Crippen LogP contribution < -0.4 is 4.90 Å². The van der Waals surface area contributed by atoms with E-state index >= 15 is 0 Å². The van der Waals surface area contributed by atoms with Gasteiger partial charge in [-0.2, -0.15) is 5.10 Å². The Kier molecular flexibility index (Phi) is 5.40. The van der Waals surface area contributed by atoms with Crippen molar-refractivity contribution < 1.29 is 0 Å². The number of aromatic nitrogens is 4. The van der Waals surface area contributed by atoms with Gasteiger partial charge in [0.15, 0.2) is 0 Å². The smallest absolute Gasteiger partial charge is 0.132 e. The van der Waals surface area contributed by atoms with Crippen molar-refractivity contribution in [1.29, 1.82) is 0 Å². The van der Waals surface area contributed by atoms with Gasteiger partial charge in [-0.05, 0) is 46.1 Å². The minimum absolute atomic E-state index is 0.310. The van der Waals surface area contributed by atoms with Crippen LogP contribution in [0.3, 0.4) is 0 Å². The maximum Gasteiger partial charge on any atom is 0.132 e. The Morgan fingerprint density at radius 1 is 1.00 bits per heavy atom. The lowest BCUT2D eigenvalue weighted by molar-refractivity contribution is 0.519. The Bertz CT molecular complexity index is 726. The molecule has 1 saturated heterocycles. The zero-order valence-corrected chi connectivity index (χ0v) is 16.3. The van der Waals surface area contributed by atoms with Gasteiger partial charge < -0.3 is 4.90 Å². The molecule has 25 heavy (non-hydrogen) atoms. The molecule has 3 heterocycles. The molecule has 2 aromatic rings. The number of anilines is 1. The van der Waals surface area contributed by atoms with E-state index < -0.39 is 0 Å². The third-order valence-electron chi connectivity index (χ3n) is 5.47. The third-order valence-corrected chi connectivity index (χ3v) is 5.47. The second kappa shape index (κ2) is 7.54. The van der Waals surface area contributed by atoms with E-state index in [1.807, 2.05) is 6.92 Å². The van der Waals surface area contributed by atoms with Crippen LogP contribution in [0.2, 0.25) is 0 Å². The van der Waals surface area contributed by atoms with Gasteiger partial charge in [0, 0.05) is 37.3 Å². The van der Waals surface area contributed by atoms with Crippen LogP contribution in [0.25, 0.3) is 0 Å².